The molecule has 0 radical (unpaired) electrons. The van der Waals surface area contributed by atoms with Crippen LogP contribution in [0.3, 0.4) is 0 Å². The van der Waals surface area contributed by atoms with Gasteiger partial charge in [-0.15, -0.1) is 0 Å². The van der Waals surface area contributed by atoms with Crippen LogP contribution in [0.4, 0.5) is 5.69 Å². The standard InChI is InChI=1S/C15H26N2/c1-13(2)16-12-6-5-7-14-8-10-15(11-9-14)17(3)4/h8-11,13,16H,5-7,12H2,1-4H3. The molecular formula is C15H26N2. The van der Waals surface area contributed by atoms with Crippen LogP contribution in [0.2, 0.25) is 0 Å². The van der Waals surface area contributed by atoms with Gasteiger partial charge in [0.15, 0.2) is 0 Å². The van der Waals surface area contributed by atoms with Gasteiger partial charge in [0, 0.05) is 25.8 Å². The van der Waals surface area contributed by atoms with E-state index in [2.05, 4.69) is 62.4 Å². The summed E-state index contributed by atoms with van der Waals surface area (Å²) in [6.07, 6.45) is 3.71. The van der Waals surface area contributed by atoms with Crippen LogP contribution in [0.15, 0.2) is 24.3 Å². The van der Waals surface area contributed by atoms with Crippen molar-refractivity contribution in [2.45, 2.75) is 39.2 Å². The minimum atomic E-state index is 0.606. The Morgan fingerprint density at radius 1 is 1.06 bits per heavy atom. The number of anilines is 1. The first kappa shape index (κ1) is 14.0. The summed E-state index contributed by atoms with van der Waals surface area (Å²) in [6.45, 7) is 5.52. The largest absolute Gasteiger partial charge is 0.378 e. The molecule has 17 heavy (non-hydrogen) atoms. The fourth-order valence-electron chi connectivity index (χ4n) is 1.81. The molecule has 0 amide bonds. The molecule has 0 saturated heterocycles. The predicted octanol–water partition coefficient (Wildman–Crippen LogP) is 3.07. The molecule has 1 aromatic rings. The van der Waals surface area contributed by atoms with E-state index in [0.717, 1.165) is 6.54 Å². The zero-order valence-electron chi connectivity index (χ0n) is 11.7. The Morgan fingerprint density at radius 3 is 2.24 bits per heavy atom. The predicted molar refractivity (Wildman–Crippen MR) is 76.8 cm³/mol. The lowest BCUT2D eigenvalue weighted by atomic mass is 10.1. The van der Waals surface area contributed by atoms with E-state index in [4.69, 9.17) is 0 Å². The van der Waals surface area contributed by atoms with Gasteiger partial charge >= 0.3 is 0 Å². The molecule has 0 saturated carbocycles. The van der Waals surface area contributed by atoms with Crippen molar-refractivity contribution in [3.63, 3.8) is 0 Å². The van der Waals surface area contributed by atoms with Crippen molar-refractivity contribution in [2.75, 3.05) is 25.5 Å². The number of aryl methyl sites for hydroxylation is 1. The molecule has 0 spiro atoms. The first-order valence-electron chi connectivity index (χ1n) is 6.59. The number of hydrogen-bond acceptors (Lipinski definition) is 2. The number of hydrogen-bond donors (Lipinski definition) is 1. The van der Waals surface area contributed by atoms with Gasteiger partial charge < -0.3 is 10.2 Å². The Kier molecular flexibility index (Phi) is 6.06. The van der Waals surface area contributed by atoms with E-state index in [-0.39, 0.29) is 0 Å². The van der Waals surface area contributed by atoms with Gasteiger partial charge in [-0.25, -0.2) is 0 Å². The molecule has 0 aliphatic heterocycles. The van der Waals surface area contributed by atoms with E-state index in [1.54, 1.807) is 0 Å². The van der Waals surface area contributed by atoms with Crippen LogP contribution < -0.4 is 10.2 Å². The van der Waals surface area contributed by atoms with Gasteiger partial charge in [0.05, 0.1) is 0 Å². The average molecular weight is 234 g/mol. The fourth-order valence-corrected chi connectivity index (χ4v) is 1.81. The summed E-state index contributed by atoms with van der Waals surface area (Å²) in [5, 5.41) is 3.45. The molecule has 2 heteroatoms. The summed E-state index contributed by atoms with van der Waals surface area (Å²) in [5.41, 5.74) is 2.72. The van der Waals surface area contributed by atoms with Crippen molar-refractivity contribution >= 4 is 5.69 Å². The van der Waals surface area contributed by atoms with Gasteiger partial charge in [0.2, 0.25) is 0 Å². The Bertz CT molecular complexity index is 301. The van der Waals surface area contributed by atoms with Gasteiger partial charge in [-0.1, -0.05) is 26.0 Å². The molecule has 0 atom stereocenters. The fraction of sp³-hybridized carbons (Fsp3) is 0.600. The van der Waals surface area contributed by atoms with Gasteiger partial charge in [0.25, 0.3) is 0 Å². The van der Waals surface area contributed by atoms with Gasteiger partial charge in [-0.2, -0.15) is 0 Å². The van der Waals surface area contributed by atoms with Crippen molar-refractivity contribution in [2.24, 2.45) is 0 Å². The average Bonchev–Trinajstić information content (AvgIpc) is 2.29. The highest BCUT2D eigenvalue weighted by molar-refractivity contribution is 5.45. The third-order valence-electron chi connectivity index (χ3n) is 2.90. The van der Waals surface area contributed by atoms with Gasteiger partial charge in [0.1, 0.15) is 0 Å². The van der Waals surface area contributed by atoms with E-state index in [0.29, 0.717) is 6.04 Å². The van der Waals surface area contributed by atoms with E-state index in [1.165, 1.54) is 30.5 Å². The maximum absolute atomic E-state index is 3.45. The molecule has 0 unspecified atom stereocenters. The van der Waals surface area contributed by atoms with Crippen LogP contribution >= 0.6 is 0 Å². The molecule has 0 aliphatic carbocycles. The smallest absolute Gasteiger partial charge is 0.0361 e. The van der Waals surface area contributed by atoms with Crippen molar-refractivity contribution in [1.29, 1.82) is 0 Å². The Hall–Kier alpha value is -1.02. The summed E-state index contributed by atoms with van der Waals surface area (Å²) >= 11 is 0. The molecular weight excluding hydrogens is 208 g/mol. The summed E-state index contributed by atoms with van der Waals surface area (Å²) < 4.78 is 0. The van der Waals surface area contributed by atoms with E-state index < -0.39 is 0 Å². The second-order valence-electron chi connectivity index (χ2n) is 5.13. The summed E-state index contributed by atoms with van der Waals surface area (Å²) in [4.78, 5) is 2.14. The Balaban J connectivity index is 2.23. The van der Waals surface area contributed by atoms with Crippen LogP contribution in [0, 0.1) is 0 Å². The van der Waals surface area contributed by atoms with Gasteiger partial charge in [-0.05, 0) is 43.5 Å². The second-order valence-corrected chi connectivity index (χ2v) is 5.13. The highest BCUT2D eigenvalue weighted by atomic mass is 15.1. The summed E-state index contributed by atoms with van der Waals surface area (Å²) in [7, 11) is 4.15. The normalized spacial score (nSPS) is 10.9. The number of benzene rings is 1. The van der Waals surface area contributed by atoms with Crippen LogP contribution in [0.1, 0.15) is 32.3 Å². The maximum atomic E-state index is 3.45. The lowest BCUT2D eigenvalue weighted by Crippen LogP contribution is -2.23. The van der Waals surface area contributed by atoms with E-state index in [1.807, 2.05) is 0 Å². The van der Waals surface area contributed by atoms with E-state index >= 15 is 0 Å². The van der Waals surface area contributed by atoms with Crippen molar-refractivity contribution in [1.82, 2.24) is 5.32 Å². The molecule has 2 nitrogen and oxygen atoms in total. The zero-order chi connectivity index (χ0) is 12.7. The first-order chi connectivity index (χ1) is 8.09. The molecule has 0 aliphatic rings. The SMILES string of the molecule is CC(C)NCCCCc1ccc(N(C)C)cc1. The Labute approximate surface area is 106 Å². The highest BCUT2D eigenvalue weighted by Crippen LogP contribution is 2.13. The topological polar surface area (TPSA) is 15.3 Å². The monoisotopic (exact) mass is 234 g/mol. The van der Waals surface area contributed by atoms with Gasteiger partial charge in [-0.3, -0.25) is 0 Å². The molecule has 0 heterocycles. The van der Waals surface area contributed by atoms with E-state index in [9.17, 15) is 0 Å². The maximum Gasteiger partial charge on any atom is 0.0361 e. The van der Waals surface area contributed by atoms with Crippen LogP contribution in [0.5, 0.6) is 0 Å². The van der Waals surface area contributed by atoms with Crippen molar-refractivity contribution < 1.29 is 0 Å². The van der Waals surface area contributed by atoms with Crippen LogP contribution in [0.25, 0.3) is 0 Å². The van der Waals surface area contributed by atoms with Crippen molar-refractivity contribution in [3.05, 3.63) is 29.8 Å². The number of nitrogens with zero attached hydrogens (tertiary/aromatic N) is 1. The summed E-state index contributed by atoms with van der Waals surface area (Å²) in [6, 6.07) is 9.48. The van der Waals surface area contributed by atoms with Crippen molar-refractivity contribution in [3.8, 4) is 0 Å². The number of rotatable bonds is 7. The number of unbranched alkanes of at least 4 members (excludes halogenated alkanes) is 1. The molecule has 0 aromatic heterocycles. The minimum Gasteiger partial charge on any atom is -0.378 e. The summed E-state index contributed by atoms with van der Waals surface area (Å²) in [5.74, 6) is 0. The Morgan fingerprint density at radius 2 is 1.71 bits per heavy atom. The van der Waals surface area contributed by atoms with Crippen LogP contribution in [-0.4, -0.2) is 26.7 Å². The molecule has 1 aromatic carbocycles. The zero-order valence-corrected chi connectivity index (χ0v) is 11.7. The molecule has 0 fully saturated rings. The quantitative estimate of drug-likeness (QED) is 0.729. The second kappa shape index (κ2) is 7.33. The third kappa shape index (κ3) is 5.73. The highest BCUT2D eigenvalue weighted by Gasteiger charge is 1.97. The lowest BCUT2D eigenvalue weighted by Gasteiger charge is -2.12. The molecule has 1 rings (SSSR count). The first-order valence-corrected chi connectivity index (χ1v) is 6.59. The minimum absolute atomic E-state index is 0.606. The molecule has 0 bridgehead atoms. The molecule has 96 valence electrons. The lowest BCUT2D eigenvalue weighted by molar-refractivity contribution is 0.557. The molecule has 1 N–H and O–H groups in total. The number of nitrogens with one attached hydrogen (secondary N) is 1. The third-order valence-corrected chi connectivity index (χ3v) is 2.90. The van der Waals surface area contributed by atoms with Crippen LogP contribution in [-0.2, 0) is 6.42 Å².